The van der Waals surface area contributed by atoms with Gasteiger partial charge in [-0.05, 0) is 76.2 Å². The van der Waals surface area contributed by atoms with E-state index in [1.807, 2.05) is 42.5 Å². The lowest BCUT2D eigenvalue weighted by atomic mass is 9.95. The van der Waals surface area contributed by atoms with E-state index in [0.29, 0.717) is 23.2 Å². The number of nitrogens with zero attached hydrogens (tertiary/aromatic N) is 4. The average Bonchev–Trinajstić information content (AvgIpc) is 3.48. The summed E-state index contributed by atoms with van der Waals surface area (Å²) in [4.78, 5) is 19.7. The molecular weight excluding hydrogens is 552 g/mol. The predicted molar refractivity (Wildman–Crippen MR) is 182 cm³/mol. The third-order valence-electron chi connectivity index (χ3n) is 8.63. The average molecular weight is 579 g/mol. The molecule has 0 unspecified atom stereocenters. The Hall–Kier alpha value is -5.94. The Bertz CT molecular complexity index is 2430. The van der Waals surface area contributed by atoms with Crippen LogP contribution in [0.15, 0.2) is 132 Å². The van der Waals surface area contributed by atoms with Crippen LogP contribution >= 0.6 is 0 Å². The highest BCUT2D eigenvalue weighted by molar-refractivity contribution is 6.11. The maximum absolute atomic E-state index is 6.30. The number of hydrogen-bond donors (Lipinski definition) is 0. The molecule has 0 aliphatic heterocycles. The number of rotatable bonds is 4. The molecule has 5 aromatic carbocycles. The molecule has 0 radical (unpaired) electrons. The minimum atomic E-state index is 0.580. The first-order chi connectivity index (χ1) is 22.3. The van der Waals surface area contributed by atoms with Crippen LogP contribution in [-0.2, 0) is 6.42 Å². The maximum Gasteiger partial charge on any atom is 0.228 e. The van der Waals surface area contributed by atoms with Crippen molar-refractivity contribution < 1.29 is 4.42 Å². The van der Waals surface area contributed by atoms with Gasteiger partial charge in [0.25, 0.3) is 0 Å². The lowest BCUT2D eigenvalue weighted by Gasteiger charge is -2.11. The smallest absolute Gasteiger partial charge is 0.228 e. The summed E-state index contributed by atoms with van der Waals surface area (Å²) < 4.78 is 6.30. The number of hydrogen-bond acceptors (Lipinski definition) is 5. The second kappa shape index (κ2) is 10.4. The van der Waals surface area contributed by atoms with Gasteiger partial charge in [-0.15, -0.1) is 0 Å². The van der Waals surface area contributed by atoms with E-state index in [2.05, 4.69) is 89.9 Å². The number of furan rings is 1. The van der Waals surface area contributed by atoms with Crippen LogP contribution in [0.3, 0.4) is 0 Å². The number of aryl methyl sites for hydroxylation is 1. The molecule has 0 amide bonds. The van der Waals surface area contributed by atoms with Gasteiger partial charge in [0, 0.05) is 28.3 Å². The van der Waals surface area contributed by atoms with Crippen molar-refractivity contribution in [3.63, 3.8) is 0 Å². The molecule has 45 heavy (non-hydrogen) atoms. The summed E-state index contributed by atoms with van der Waals surface area (Å²) in [6.45, 7) is 0. The molecule has 1 aliphatic rings. The Morgan fingerprint density at radius 3 is 2.11 bits per heavy atom. The van der Waals surface area contributed by atoms with E-state index in [-0.39, 0.29) is 0 Å². The molecule has 0 saturated heterocycles. The van der Waals surface area contributed by atoms with Gasteiger partial charge in [0.05, 0.1) is 5.39 Å². The first-order valence-electron chi connectivity index (χ1n) is 15.2. The fourth-order valence-electron chi connectivity index (χ4n) is 6.35. The fourth-order valence-corrected chi connectivity index (χ4v) is 6.35. The van der Waals surface area contributed by atoms with E-state index in [4.69, 9.17) is 19.4 Å². The van der Waals surface area contributed by atoms with Gasteiger partial charge >= 0.3 is 0 Å². The molecule has 212 valence electrons. The molecule has 0 spiro atoms. The molecule has 3 heterocycles. The van der Waals surface area contributed by atoms with Crippen molar-refractivity contribution in [2.24, 2.45) is 0 Å². The molecule has 5 nitrogen and oxygen atoms in total. The zero-order valence-electron chi connectivity index (χ0n) is 24.3. The summed E-state index contributed by atoms with van der Waals surface area (Å²) in [7, 11) is 0. The van der Waals surface area contributed by atoms with Crippen LogP contribution in [0.1, 0.15) is 17.5 Å². The van der Waals surface area contributed by atoms with Gasteiger partial charge in [0.15, 0.2) is 17.5 Å². The number of fused-ring (bicyclic) bond motifs is 5. The van der Waals surface area contributed by atoms with Gasteiger partial charge in [-0.2, -0.15) is 0 Å². The second-order valence-electron chi connectivity index (χ2n) is 11.4. The van der Waals surface area contributed by atoms with Crippen molar-refractivity contribution in [3.05, 3.63) is 139 Å². The highest BCUT2D eigenvalue weighted by Crippen LogP contribution is 2.38. The molecule has 9 rings (SSSR count). The molecular formula is C40H26N4O. The van der Waals surface area contributed by atoms with Crippen molar-refractivity contribution in [1.29, 1.82) is 0 Å². The van der Waals surface area contributed by atoms with Crippen LogP contribution < -0.4 is 0 Å². The van der Waals surface area contributed by atoms with Gasteiger partial charge in [-0.1, -0.05) is 97.1 Å². The van der Waals surface area contributed by atoms with Crippen LogP contribution in [0.2, 0.25) is 0 Å². The Kier molecular flexibility index (Phi) is 5.88. The summed E-state index contributed by atoms with van der Waals surface area (Å²) >= 11 is 0. The van der Waals surface area contributed by atoms with Crippen LogP contribution in [-0.4, -0.2) is 19.9 Å². The van der Waals surface area contributed by atoms with E-state index in [0.717, 1.165) is 56.7 Å². The fraction of sp³-hybridized carbons (Fsp3) is 0.0500. The van der Waals surface area contributed by atoms with Gasteiger partial charge in [0.1, 0.15) is 5.58 Å². The topological polar surface area (TPSA) is 64.7 Å². The minimum Gasteiger partial charge on any atom is -0.438 e. The molecule has 8 aromatic rings. The number of allylic oxidation sites excluding steroid dienone is 1. The summed E-state index contributed by atoms with van der Waals surface area (Å²) in [6, 6.07) is 39.8. The maximum atomic E-state index is 6.30. The lowest BCUT2D eigenvalue weighted by Crippen LogP contribution is -2.00. The zero-order chi connectivity index (χ0) is 29.7. The summed E-state index contributed by atoms with van der Waals surface area (Å²) in [6.07, 6.45) is 8.25. The normalized spacial score (nSPS) is 12.6. The van der Waals surface area contributed by atoms with E-state index in [1.165, 1.54) is 22.3 Å². The third-order valence-corrected chi connectivity index (χ3v) is 8.63. The molecule has 1 aliphatic carbocycles. The standard InChI is InChI=1S/C40H26N4O/c1-3-9-25(10-4-1)30-17-15-26-16-18-31(22-32(26)21-30)38-42-37(27-11-5-2-6-12-27)43-39(44-38)33-19-20-41-40-36(33)34-23-28-13-7-8-14-29(28)24-35(34)45-40/h1-7,9-13,15-24H,8,14H2. The zero-order valence-corrected chi connectivity index (χ0v) is 24.3. The van der Waals surface area contributed by atoms with E-state index in [1.54, 1.807) is 6.20 Å². The SMILES string of the molecule is C1=Cc2cc3c(cc2CC1)oc1nccc(-c2nc(-c4ccccc4)nc(-c4ccc5ccc(-c6ccccc6)cc5c4)n2)c13. The van der Waals surface area contributed by atoms with E-state index >= 15 is 0 Å². The quantitative estimate of drug-likeness (QED) is 0.208. The molecule has 0 N–H and O–H groups in total. The molecule has 5 heteroatoms. The second-order valence-corrected chi connectivity index (χ2v) is 11.4. The van der Waals surface area contributed by atoms with Crippen LogP contribution in [0.5, 0.6) is 0 Å². The van der Waals surface area contributed by atoms with Gasteiger partial charge in [0.2, 0.25) is 5.71 Å². The first-order valence-corrected chi connectivity index (χ1v) is 15.2. The third kappa shape index (κ3) is 4.48. The summed E-state index contributed by atoms with van der Waals surface area (Å²) in [5, 5.41) is 4.22. The molecule has 0 atom stereocenters. The highest BCUT2D eigenvalue weighted by Gasteiger charge is 2.20. The molecule has 0 fully saturated rings. The number of benzene rings is 5. The summed E-state index contributed by atoms with van der Waals surface area (Å²) in [5.74, 6) is 1.82. The van der Waals surface area contributed by atoms with Crippen LogP contribution in [0, 0.1) is 0 Å². The first kappa shape index (κ1) is 25.5. The van der Waals surface area contributed by atoms with Crippen molar-refractivity contribution in [2.45, 2.75) is 12.8 Å². The Balaban J connectivity index is 1.25. The molecule has 0 saturated carbocycles. The minimum absolute atomic E-state index is 0.580. The van der Waals surface area contributed by atoms with Crippen LogP contribution in [0.25, 0.3) is 84.2 Å². The monoisotopic (exact) mass is 578 g/mol. The van der Waals surface area contributed by atoms with E-state index < -0.39 is 0 Å². The highest BCUT2D eigenvalue weighted by atomic mass is 16.3. The van der Waals surface area contributed by atoms with Crippen molar-refractivity contribution in [3.8, 4) is 45.3 Å². The Morgan fingerprint density at radius 2 is 1.29 bits per heavy atom. The summed E-state index contributed by atoms with van der Waals surface area (Å²) in [5.41, 5.74) is 9.01. The van der Waals surface area contributed by atoms with Crippen molar-refractivity contribution in [1.82, 2.24) is 19.9 Å². The van der Waals surface area contributed by atoms with Gasteiger partial charge in [-0.3, -0.25) is 0 Å². The molecule has 3 aromatic heterocycles. The Morgan fingerprint density at radius 1 is 0.578 bits per heavy atom. The molecule has 0 bridgehead atoms. The van der Waals surface area contributed by atoms with Crippen molar-refractivity contribution >= 4 is 38.9 Å². The van der Waals surface area contributed by atoms with E-state index in [9.17, 15) is 0 Å². The number of pyridine rings is 1. The predicted octanol–water partition coefficient (Wildman–Crippen LogP) is 9.95. The number of aromatic nitrogens is 4. The lowest BCUT2D eigenvalue weighted by molar-refractivity contribution is 0.653. The largest absolute Gasteiger partial charge is 0.438 e. The Labute approximate surface area is 259 Å². The van der Waals surface area contributed by atoms with Crippen molar-refractivity contribution in [2.75, 3.05) is 0 Å². The van der Waals surface area contributed by atoms with Gasteiger partial charge in [-0.25, -0.2) is 19.9 Å². The van der Waals surface area contributed by atoms with Crippen LogP contribution in [0.4, 0.5) is 0 Å². The van der Waals surface area contributed by atoms with Gasteiger partial charge < -0.3 is 4.42 Å².